The second-order valence-corrected chi connectivity index (χ2v) is 6.82. The predicted molar refractivity (Wildman–Crippen MR) is 107 cm³/mol. The number of phenolic OH excluding ortho intramolecular Hbond substituents is 1. The van der Waals surface area contributed by atoms with Gasteiger partial charge in [-0.2, -0.15) is 0 Å². The Balaban J connectivity index is 1.57. The molecule has 1 aliphatic heterocycles. The molecule has 4 rings (SSSR count). The number of hydrogen-bond donors (Lipinski definition) is 1. The highest BCUT2D eigenvalue weighted by atomic mass is 16.3. The largest absolute Gasteiger partial charge is 0.508 e. The van der Waals surface area contributed by atoms with Crippen LogP contribution >= 0.6 is 0 Å². The van der Waals surface area contributed by atoms with Crippen LogP contribution in [0.5, 0.6) is 5.75 Å². The molecular weight excluding hydrogens is 338 g/mol. The number of phenols is 1. The van der Waals surface area contributed by atoms with Gasteiger partial charge in [0.05, 0.1) is 0 Å². The highest BCUT2D eigenvalue weighted by molar-refractivity contribution is 5.60. The van der Waals surface area contributed by atoms with Gasteiger partial charge in [0.25, 0.3) is 0 Å². The molecule has 3 aromatic rings. The third kappa shape index (κ3) is 3.56. The minimum Gasteiger partial charge on any atom is -0.508 e. The summed E-state index contributed by atoms with van der Waals surface area (Å²) in [6.45, 7) is 7.63. The first-order chi connectivity index (χ1) is 13.1. The summed E-state index contributed by atoms with van der Waals surface area (Å²) >= 11 is 0. The fraction of sp³-hybridized carbons (Fsp3) is 0.286. The van der Waals surface area contributed by atoms with Gasteiger partial charge in [-0.3, -0.25) is 4.98 Å². The molecule has 0 bridgehead atoms. The van der Waals surface area contributed by atoms with E-state index in [9.17, 15) is 5.11 Å². The number of benzene rings is 1. The molecule has 0 atom stereocenters. The number of hydrogen-bond acceptors (Lipinski definition) is 6. The van der Waals surface area contributed by atoms with Crippen molar-refractivity contribution in [1.82, 2.24) is 15.0 Å². The Labute approximate surface area is 159 Å². The van der Waals surface area contributed by atoms with Crippen LogP contribution in [0.15, 0.2) is 48.8 Å². The van der Waals surface area contributed by atoms with E-state index in [1.54, 1.807) is 18.5 Å². The van der Waals surface area contributed by atoms with Gasteiger partial charge in [-0.1, -0.05) is 6.07 Å². The molecule has 0 unspecified atom stereocenters. The zero-order chi connectivity index (χ0) is 18.8. The summed E-state index contributed by atoms with van der Waals surface area (Å²) in [6, 6.07) is 11.3. The smallest absolute Gasteiger partial charge is 0.163 e. The van der Waals surface area contributed by atoms with Crippen LogP contribution in [0, 0.1) is 13.8 Å². The number of aromatic hydroxyl groups is 1. The first-order valence-corrected chi connectivity index (χ1v) is 9.16. The lowest BCUT2D eigenvalue weighted by Crippen LogP contribution is -2.47. The highest BCUT2D eigenvalue weighted by Crippen LogP contribution is 2.27. The van der Waals surface area contributed by atoms with Gasteiger partial charge in [0.15, 0.2) is 5.82 Å². The van der Waals surface area contributed by atoms with Crippen LogP contribution in [-0.4, -0.2) is 46.2 Å². The van der Waals surface area contributed by atoms with E-state index in [0.717, 1.165) is 60.3 Å². The summed E-state index contributed by atoms with van der Waals surface area (Å²) in [5.41, 5.74) is 4.10. The Morgan fingerprint density at radius 2 is 1.70 bits per heavy atom. The molecule has 0 aliphatic carbocycles. The maximum atomic E-state index is 9.72. The van der Waals surface area contributed by atoms with Crippen molar-refractivity contribution in [3.05, 3.63) is 60.0 Å². The molecule has 0 spiro atoms. The van der Waals surface area contributed by atoms with Crippen LogP contribution in [0.25, 0.3) is 11.4 Å². The van der Waals surface area contributed by atoms with Crippen LogP contribution in [0.1, 0.15) is 11.3 Å². The van der Waals surface area contributed by atoms with Crippen molar-refractivity contribution >= 4 is 11.5 Å². The molecule has 2 aromatic heterocycles. The van der Waals surface area contributed by atoms with E-state index in [4.69, 9.17) is 4.98 Å². The topological polar surface area (TPSA) is 65.4 Å². The number of aryl methyl sites for hydroxylation is 1. The maximum absolute atomic E-state index is 9.72. The van der Waals surface area contributed by atoms with Crippen molar-refractivity contribution in [2.24, 2.45) is 0 Å². The van der Waals surface area contributed by atoms with E-state index in [1.165, 1.54) is 0 Å². The summed E-state index contributed by atoms with van der Waals surface area (Å²) < 4.78 is 0. The van der Waals surface area contributed by atoms with Gasteiger partial charge < -0.3 is 14.9 Å². The molecule has 3 heterocycles. The number of aromatic nitrogens is 3. The fourth-order valence-electron chi connectivity index (χ4n) is 3.41. The monoisotopic (exact) mass is 361 g/mol. The summed E-state index contributed by atoms with van der Waals surface area (Å²) in [4.78, 5) is 18.3. The van der Waals surface area contributed by atoms with Gasteiger partial charge in [0.1, 0.15) is 11.6 Å². The molecule has 0 amide bonds. The van der Waals surface area contributed by atoms with Crippen molar-refractivity contribution in [2.45, 2.75) is 13.8 Å². The summed E-state index contributed by atoms with van der Waals surface area (Å²) in [5.74, 6) is 2.02. The molecule has 1 saturated heterocycles. The third-order valence-electron chi connectivity index (χ3n) is 5.06. The van der Waals surface area contributed by atoms with E-state index < -0.39 is 0 Å². The Bertz CT molecular complexity index is 937. The van der Waals surface area contributed by atoms with Gasteiger partial charge in [-0.05, 0) is 38.1 Å². The second-order valence-electron chi connectivity index (χ2n) is 6.82. The average Bonchev–Trinajstić information content (AvgIpc) is 2.71. The lowest BCUT2D eigenvalue weighted by Gasteiger charge is -2.37. The quantitative estimate of drug-likeness (QED) is 0.773. The number of pyridine rings is 1. The molecule has 6 heteroatoms. The van der Waals surface area contributed by atoms with Crippen LogP contribution in [0.3, 0.4) is 0 Å². The fourth-order valence-corrected chi connectivity index (χ4v) is 3.41. The summed E-state index contributed by atoms with van der Waals surface area (Å²) in [5, 5.41) is 9.72. The first-order valence-electron chi connectivity index (χ1n) is 9.16. The number of piperazine rings is 1. The van der Waals surface area contributed by atoms with Crippen molar-refractivity contribution in [3.8, 4) is 17.1 Å². The van der Waals surface area contributed by atoms with Gasteiger partial charge in [0.2, 0.25) is 0 Å². The SMILES string of the molecule is Cc1nc(-c2cccnc2)nc(N2CCN(c3cccc(O)c3)CC2)c1C. The number of nitrogens with zero attached hydrogens (tertiary/aromatic N) is 5. The zero-order valence-corrected chi connectivity index (χ0v) is 15.6. The molecule has 1 aliphatic rings. The Kier molecular flexibility index (Phi) is 4.62. The van der Waals surface area contributed by atoms with Gasteiger partial charge in [-0.25, -0.2) is 9.97 Å². The van der Waals surface area contributed by atoms with Gasteiger partial charge >= 0.3 is 0 Å². The lowest BCUT2D eigenvalue weighted by molar-refractivity contribution is 0.475. The van der Waals surface area contributed by atoms with Crippen LogP contribution in [0.2, 0.25) is 0 Å². The molecule has 1 fully saturated rings. The number of anilines is 2. The van der Waals surface area contributed by atoms with E-state index in [1.807, 2.05) is 37.3 Å². The molecule has 27 heavy (non-hydrogen) atoms. The van der Waals surface area contributed by atoms with Crippen LogP contribution < -0.4 is 9.80 Å². The van der Waals surface area contributed by atoms with Crippen molar-refractivity contribution < 1.29 is 5.11 Å². The van der Waals surface area contributed by atoms with Crippen LogP contribution in [-0.2, 0) is 0 Å². The Hall–Kier alpha value is -3.15. The van der Waals surface area contributed by atoms with E-state index >= 15 is 0 Å². The van der Waals surface area contributed by atoms with Crippen molar-refractivity contribution in [3.63, 3.8) is 0 Å². The van der Waals surface area contributed by atoms with E-state index in [2.05, 4.69) is 26.7 Å². The predicted octanol–water partition coefficient (Wildman–Crippen LogP) is 3.19. The number of rotatable bonds is 3. The zero-order valence-electron chi connectivity index (χ0n) is 15.6. The Morgan fingerprint density at radius 3 is 2.41 bits per heavy atom. The molecular formula is C21H23N5O. The van der Waals surface area contributed by atoms with Gasteiger partial charge in [0, 0.05) is 67.1 Å². The maximum Gasteiger partial charge on any atom is 0.163 e. The van der Waals surface area contributed by atoms with Gasteiger partial charge in [-0.15, -0.1) is 0 Å². The third-order valence-corrected chi connectivity index (χ3v) is 5.06. The summed E-state index contributed by atoms with van der Waals surface area (Å²) in [7, 11) is 0. The second kappa shape index (κ2) is 7.23. The summed E-state index contributed by atoms with van der Waals surface area (Å²) in [6.07, 6.45) is 3.56. The lowest BCUT2D eigenvalue weighted by atomic mass is 10.2. The first kappa shape index (κ1) is 17.3. The molecule has 138 valence electrons. The Morgan fingerprint density at radius 1 is 0.926 bits per heavy atom. The molecule has 1 N–H and O–H groups in total. The van der Waals surface area contributed by atoms with E-state index in [-0.39, 0.29) is 0 Å². The highest BCUT2D eigenvalue weighted by Gasteiger charge is 2.22. The van der Waals surface area contributed by atoms with E-state index in [0.29, 0.717) is 5.75 Å². The minimum absolute atomic E-state index is 0.304. The molecule has 0 saturated carbocycles. The van der Waals surface area contributed by atoms with Crippen molar-refractivity contribution in [1.29, 1.82) is 0 Å². The molecule has 0 radical (unpaired) electrons. The van der Waals surface area contributed by atoms with Crippen molar-refractivity contribution in [2.75, 3.05) is 36.0 Å². The minimum atomic E-state index is 0.304. The molecule has 1 aromatic carbocycles. The normalized spacial score (nSPS) is 14.4. The van der Waals surface area contributed by atoms with Crippen LogP contribution in [0.4, 0.5) is 11.5 Å². The average molecular weight is 361 g/mol. The molecule has 6 nitrogen and oxygen atoms in total. The standard InChI is InChI=1S/C21H23N5O/c1-15-16(2)23-20(17-5-4-8-22-14-17)24-21(15)26-11-9-25(10-12-26)18-6-3-7-19(27)13-18/h3-8,13-14,27H,9-12H2,1-2H3.